The van der Waals surface area contributed by atoms with E-state index in [1.807, 2.05) is 51.1 Å². The number of amides is 2. The lowest BCUT2D eigenvalue weighted by Crippen LogP contribution is -2.54. The van der Waals surface area contributed by atoms with Gasteiger partial charge in [0.2, 0.25) is 11.8 Å². The first-order chi connectivity index (χ1) is 21.5. The molecule has 4 aromatic rings. The van der Waals surface area contributed by atoms with Crippen LogP contribution in [0.15, 0.2) is 108 Å². The molecule has 7 nitrogen and oxygen atoms in total. The van der Waals surface area contributed by atoms with Gasteiger partial charge >= 0.3 is 0 Å². The second kappa shape index (κ2) is 15.4. The van der Waals surface area contributed by atoms with E-state index in [-0.39, 0.29) is 29.8 Å². The van der Waals surface area contributed by atoms with Gasteiger partial charge in [-0.25, -0.2) is 8.42 Å². The fourth-order valence-electron chi connectivity index (χ4n) is 4.81. The molecule has 10 heteroatoms. The first-order valence-corrected chi connectivity index (χ1v) is 16.9. The van der Waals surface area contributed by atoms with Crippen molar-refractivity contribution in [3.63, 3.8) is 0 Å². The van der Waals surface area contributed by atoms with Crippen LogP contribution in [0.5, 0.6) is 0 Å². The number of benzene rings is 4. The maximum absolute atomic E-state index is 14.5. The predicted molar refractivity (Wildman–Crippen MR) is 181 cm³/mol. The second-order valence-electron chi connectivity index (χ2n) is 10.9. The van der Waals surface area contributed by atoms with E-state index in [9.17, 15) is 18.0 Å². The summed E-state index contributed by atoms with van der Waals surface area (Å²) in [6.07, 6.45) is 0.873. The van der Waals surface area contributed by atoms with E-state index < -0.39 is 28.5 Å². The highest BCUT2D eigenvalue weighted by Gasteiger charge is 2.35. The van der Waals surface area contributed by atoms with Crippen molar-refractivity contribution < 1.29 is 18.0 Å². The Bertz CT molecular complexity index is 1680. The first kappa shape index (κ1) is 34.0. The molecule has 0 aromatic heterocycles. The van der Waals surface area contributed by atoms with Gasteiger partial charge in [-0.2, -0.15) is 0 Å². The van der Waals surface area contributed by atoms with Crippen LogP contribution in [0, 0.1) is 6.92 Å². The number of anilines is 1. The van der Waals surface area contributed by atoms with Crippen LogP contribution >= 0.6 is 23.2 Å². The van der Waals surface area contributed by atoms with E-state index in [2.05, 4.69) is 5.32 Å². The monoisotopic (exact) mass is 665 g/mol. The molecule has 0 saturated heterocycles. The van der Waals surface area contributed by atoms with Gasteiger partial charge in [-0.05, 0) is 62.2 Å². The fraction of sp³-hybridized carbons (Fsp3) is 0.257. The van der Waals surface area contributed by atoms with Crippen molar-refractivity contribution in [2.45, 2.75) is 57.1 Å². The number of hydrogen-bond donors (Lipinski definition) is 1. The summed E-state index contributed by atoms with van der Waals surface area (Å²) in [4.78, 5) is 29.9. The minimum Gasteiger partial charge on any atom is -0.352 e. The molecule has 0 heterocycles. The topological polar surface area (TPSA) is 86.8 Å². The Morgan fingerprint density at radius 1 is 0.822 bits per heavy atom. The molecular weight excluding hydrogens is 629 g/mol. The molecule has 2 atom stereocenters. The Kier molecular flexibility index (Phi) is 11.7. The van der Waals surface area contributed by atoms with Gasteiger partial charge in [0.1, 0.15) is 12.6 Å². The largest absolute Gasteiger partial charge is 0.352 e. The van der Waals surface area contributed by atoms with Gasteiger partial charge in [0.15, 0.2) is 0 Å². The molecule has 4 rings (SSSR count). The summed E-state index contributed by atoms with van der Waals surface area (Å²) >= 11 is 13.1. The maximum Gasteiger partial charge on any atom is 0.264 e. The minimum absolute atomic E-state index is 0.0365. The van der Waals surface area contributed by atoms with Crippen LogP contribution < -0.4 is 9.62 Å². The number of carbonyl (C=O) groups excluding carboxylic acids is 2. The molecule has 0 aliphatic carbocycles. The molecule has 0 saturated carbocycles. The number of nitrogens with zero attached hydrogens (tertiary/aromatic N) is 2. The summed E-state index contributed by atoms with van der Waals surface area (Å²) < 4.78 is 29.2. The molecule has 0 aliphatic heterocycles. The molecule has 0 unspecified atom stereocenters. The van der Waals surface area contributed by atoms with Crippen LogP contribution in [0.3, 0.4) is 0 Å². The van der Waals surface area contributed by atoms with Crippen molar-refractivity contribution in [1.82, 2.24) is 10.2 Å². The van der Waals surface area contributed by atoms with Gasteiger partial charge in [0.25, 0.3) is 10.0 Å². The molecule has 2 amide bonds. The highest BCUT2D eigenvalue weighted by atomic mass is 35.5. The zero-order valence-electron chi connectivity index (χ0n) is 25.5. The number of sulfonamides is 1. The summed E-state index contributed by atoms with van der Waals surface area (Å²) in [5.74, 6) is -0.955. The lowest BCUT2D eigenvalue weighted by Gasteiger charge is -2.34. The van der Waals surface area contributed by atoms with Crippen molar-refractivity contribution >= 4 is 50.7 Å². The van der Waals surface area contributed by atoms with Crippen molar-refractivity contribution in [2.24, 2.45) is 0 Å². The molecule has 1 N–H and O–H groups in total. The lowest BCUT2D eigenvalue weighted by atomic mass is 10.0. The Balaban J connectivity index is 1.83. The molecule has 0 bridgehead atoms. The van der Waals surface area contributed by atoms with Crippen LogP contribution in [0.25, 0.3) is 0 Å². The zero-order chi connectivity index (χ0) is 32.6. The summed E-state index contributed by atoms with van der Waals surface area (Å²) in [6, 6.07) is 28.1. The van der Waals surface area contributed by atoms with Gasteiger partial charge in [0, 0.05) is 34.6 Å². The number of halogens is 2. The highest BCUT2D eigenvalue weighted by Crippen LogP contribution is 2.29. The Morgan fingerprint density at radius 2 is 1.40 bits per heavy atom. The smallest absolute Gasteiger partial charge is 0.264 e. The average molecular weight is 667 g/mol. The number of carbonyl (C=O) groups is 2. The van der Waals surface area contributed by atoms with E-state index in [0.29, 0.717) is 27.7 Å². The molecule has 45 heavy (non-hydrogen) atoms. The summed E-state index contributed by atoms with van der Waals surface area (Å²) in [5, 5.41) is 3.67. The van der Waals surface area contributed by atoms with Crippen molar-refractivity contribution in [3.05, 3.63) is 130 Å². The van der Waals surface area contributed by atoms with Gasteiger partial charge in [-0.1, -0.05) is 102 Å². The standard InChI is InChI=1S/C35H37Cl2N3O4S/c1-4-26(3)38-35(42)33(22-27-12-7-5-8-13-27)39(23-30-31(36)16-11-17-32(30)37)34(41)24-40(28-20-18-25(2)19-21-28)45(43,44)29-14-9-6-10-15-29/h5-21,26,33H,4,22-24H2,1-3H3,(H,38,42)/t26-,33-/m1/s1. The van der Waals surface area contributed by atoms with Crippen LogP contribution in [0.1, 0.15) is 37.0 Å². The van der Waals surface area contributed by atoms with Crippen LogP contribution in [0.2, 0.25) is 10.0 Å². The quantitative estimate of drug-likeness (QED) is 0.166. The number of aryl methyl sites for hydroxylation is 1. The number of hydrogen-bond acceptors (Lipinski definition) is 4. The van der Waals surface area contributed by atoms with Crippen LogP contribution in [-0.2, 0) is 32.6 Å². The van der Waals surface area contributed by atoms with Crippen molar-refractivity contribution in [2.75, 3.05) is 10.8 Å². The van der Waals surface area contributed by atoms with E-state index in [4.69, 9.17) is 23.2 Å². The van der Waals surface area contributed by atoms with Gasteiger partial charge in [0.05, 0.1) is 10.6 Å². The number of nitrogens with one attached hydrogen (secondary N) is 1. The maximum atomic E-state index is 14.5. The molecule has 0 aliphatic rings. The van der Waals surface area contributed by atoms with E-state index >= 15 is 0 Å². The Hall–Kier alpha value is -3.85. The highest BCUT2D eigenvalue weighted by molar-refractivity contribution is 7.92. The molecule has 0 fully saturated rings. The molecule has 0 radical (unpaired) electrons. The zero-order valence-corrected chi connectivity index (χ0v) is 27.8. The molecule has 4 aromatic carbocycles. The number of rotatable bonds is 13. The first-order valence-electron chi connectivity index (χ1n) is 14.7. The van der Waals surface area contributed by atoms with Crippen molar-refractivity contribution in [1.29, 1.82) is 0 Å². The van der Waals surface area contributed by atoms with Crippen molar-refractivity contribution in [3.8, 4) is 0 Å². The van der Waals surface area contributed by atoms with Gasteiger partial charge in [-0.3, -0.25) is 13.9 Å². The third kappa shape index (κ3) is 8.66. The third-order valence-electron chi connectivity index (χ3n) is 7.59. The van der Waals surface area contributed by atoms with Gasteiger partial charge in [-0.15, -0.1) is 0 Å². The normalized spacial score (nSPS) is 12.6. The molecule has 0 spiro atoms. The van der Waals surface area contributed by atoms with E-state index in [1.54, 1.807) is 60.7 Å². The summed E-state index contributed by atoms with van der Waals surface area (Å²) in [7, 11) is -4.18. The van der Waals surface area contributed by atoms with Crippen LogP contribution in [0.4, 0.5) is 5.69 Å². The Morgan fingerprint density at radius 3 is 1.98 bits per heavy atom. The fourth-order valence-corrected chi connectivity index (χ4v) is 6.76. The van der Waals surface area contributed by atoms with Gasteiger partial charge < -0.3 is 10.2 Å². The average Bonchev–Trinajstić information content (AvgIpc) is 3.04. The minimum atomic E-state index is -4.18. The van der Waals surface area contributed by atoms with E-state index in [1.165, 1.54) is 17.0 Å². The Labute approximate surface area is 275 Å². The SMILES string of the molecule is CC[C@@H](C)NC(=O)[C@@H](Cc1ccccc1)N(Cc1c(Cl)cccc1Cl)C(=O)CN(c1ccc(C)cc1)S(=O)(=O)c1ccccc1. The molecular formula is C35H37Cl2N3O4S. The van der Waals surface area contributed by atoms with Crippen LogP contribution in [-0.4, -0.2) is 43.8 Å². The third-order valence-corrected chi connectivity index (χ3v) is 10.1. The van der Waals surface area contributed by atoms with E-state index in [0.717, 1.165) is 15.4 Å². The summed E-state index contributed by atoms with van der Waals surface area (Å²) in [6.45, 7) is 5.06. The summed E-state index contributed by atoms with van der Waals surface area (Å²) in [5.41, 5.74) is 2.53. The molecule has 236 valence electrons. The second-order valence-corrected chi connectivity index (χ2v) is 13.6. The lowest BCUT2D eigenvalue weighted by molar-refractivity contribution is -0.140. The predicted octanol–water partition coefficient (Wildman–Crippen LogP) is 7.05.